The number of hydrogen-bond acceptors (Lipinski definition) is 2. The van der Waals surface area contributed by atoms with Gasteiger partial charge in [-0.15, -0.1) is 0 Å². The van der Waals surface area contributed by atoms with E-state index in [1.165, 1.54) is 11.1 Å². The van der Waals surface area contributed by atoms with Crippen molar-refractivity contribution in [2.24, 2.45) is 0 Å². The van der Waals surface area contributed by atoms with Crippen LogP contribution in [0.15, 0.2) is 18.5 Å². The molecule has 2 aromatic rings. The van der Waals surface area contributed by atoms with Crippen molar-refractivity contribution in [3.63, 3.8) is 0 Å². The average Bonchev–Trinajstić information content (AvgIpc) is 2.60. The molecule has 0 amide bonds. The highest BCUT2D eigenvalue weighted by Gasteiger charge is 2.12. The fourth-order valence-electron chi connectivity index (χ4n) is 2.15. The Bertz CT molecular complexity index is 569. The van der Waals surface area contributed by atoms with Crippen molar-refractivity contribution in [1.29, 1.82) is 0 Å². The normalized spacial score (nSPS) is 12.9. The summed E-state index contributed by atoms with van der Waals surface area (Å²) in [6.45, 7) is 7.87. The van der Waals surface area contributed by atoms with Crippen LogP contribution in [-0.2, 0) is 4.79 Å². The van der Waals surface area contributed by atoms with Gasteiger partial charge in [0.1, 0.15) is 5.78 Å². The molecule has 0 bridgehead atoms. The van der Waals surface area contributed by atoms with Gasteiger partial charge in [-0.1, -0.05) is 0 Å². The molecule has 3 heteroatoms. The SMILES string of the molecule is CC(=O)CC(C)n1cnc2cc(C)c(C)cc21. The highest BCUT2D eigenvalue weighted by Crippen LogP contribution is 2.22. The lowest BCUT2D eigenvalue weighted by atomic mass is 10.1. The molecule has 3 nitrogen and oxygen atoms in total. The molecule has 0 N–H and O–H groups in total. The molecule has 0 spiro atoms. The van der Waals surface area contributed by atoms with Gasteiger partial charge in [0.05, 0.1) is 17.4 Å². The first-order valence-electron chi connectivity index (χ1n) is 5.92. The van der Waals surface area contributed by atoms with Crippen LogP contribution in [-0.4, -0.2) is 15.3 Å². The maximum atomic E-state index is 11.2. The van der Waals surface area contributed by atoms with Crippen LogP contribution >= 0.6 is 0 Å². The summed E-state index contributed by atoms with van der Waals surface area (Å²) < 4.78 is 2.09. The van der Waals surface area contributed by atoms with Gasteiger partial charge in [-0.2, -0.15) is 0 Å². The molecule has 1 atom stereocenters. The highest BCUT2D eigenvalue weighted by molar-refractivity contribution is 5.79. The maximum absolute atomic E-state index is 11.2. The van der Waals surface area contributed by atoms with E-state index in [4.69, 9.17) is 0 Å². The Morgan fingerprint density at radius 2 is 2.00 bits per heavy atom. The minimum atomic E-state index is 0.166. The summed E-state index contributed by atoms with van der Waals surface area (Å²) >= 11 is 0. The lowest BCUT2D eigenvalue weighted by Crippen LogP contribution is -2.07. The van der Waals surface area contributed by atoms with Crippen LogP contribution < -0.4 is 0 Å². The first-order chi connectivity index (χ1) is 7.99. The van der Waals surface area contributed by atoms with Crippen molar-refractivity contribution < 1.29 is 4.79 Å². The lowest BCUT2D eigenvalue weighted by Gasteiger charge is -2.13. The van der Waals surface area contributed by atoms with E-state index < -0.39 is 0 Å². The largest absolute Gasteiger partial charge is 0.327 e. The monoisotopic (exact) mass is 230 g/mol. The molecule has 1 aromatic carbocycles. The lowest BCUT2D eigenvalue weighted by molar-refractivity contribution is -0.117. The van der Waals surface area contributed by atoms with Gasteiger partial charge in [0, 0.05) is 12.5 Å². The summed E-state index contributed by atoms with van der Waals surface area (Å²) in [4.78, 5) is 15.6. The number of benzene rings is 1. The Kier molecular flexibility index (Phi) is 3.01. The zero-order chi connectivity index (χ0) is 12.6. The van der Waals surface area contributed by atoms with Gasteiger partial charge in [0.25, 0.3) is 0 Å². The van der Waals surface area contributed by atoms with E-state index in [0.717, 1.165) is 11.0 Å². The first kappa shape index (κ1) is 11.8. The number of hydrogen-bond donors (Lipinski definition) is 0. The number of rotatable bonds is 3. The minimum absolute atomic E-state index is 0.166. The second kappa shape index (κ2) is 4.32. The van der Waals surface area contributed by atoms with Crippen molar-refractivity contribution >= 4 is 16.8 Å². The standard InChI is InChI=1S/C14H18N2O/c1-9-5-13-14(6-10(9)2)16(8-15-13)11(3)7-12(4)17/h5-6,8,11H,7H2,1-4H3. The number of carbonyl (C=O) groups is 1. The molecule has 0 radical (unpaired) electrons. The van der Waals surface area contributed by atoms with Crippen LogP contribution in [0.25, 0.3) is 11.0 Å². The number of imidazole rings is 1. The van der Waals surface area contributed by atoms with Crippen molar-refractivity contribution in [2.75, 3.05) is 0 Å². The number of nitrogens with zero attached hydrogens (tertiary/aromatic N) is 2. The molecule has 1 heterocycles. The number of ketones is 1. The number of aromatic nitrogens is 2. The van der Waals surface area contributed by atoms with Crippen molar-refractivity contribution in [1.82, 2.24) is 9.55 Å². The van der Waals surface area contributed by atoms with Gasteiger partial charge in [-0.3, -0.25) is 4.79 Å². The summed E-state index contributed by atoms with van der Waals surface area (Å²) in [5, 5.41) is 0. The maximum Gasteiger partial charge on any atom is 0.131 e. The van der Waals surface area contributed by atoms with E-state index in [2.05, 4.69) is 42.5 Å². The van der Waals surface area contributed by atoms with Gasteiger partial charge in [-0.05, 0) is 51.0 Å². The van der Waals surface area contributed by atoms with E-state index >= 15 is 0 Å². The Labute approximate surface area is 101 Å². The quantitative estimate of drug-likeness (QED) is 0.811. The average molecular weight is 230 g/mol. The molecule has 1 unspecified atom stereocenters. The fourth-order valence-corrected chi connectivity index (χ4v) is 2.15. The molecule has 0 saturated heterocycles. The topological polar surface area (TPSA) is 34.9 Å². The number of fused-ring (bicyclic) bond motifs is 1. The fraction of sp³-hybridized carbons (Fsp3) is 0.429. The summed E-state index contributed by atoms with van der Waals surface area (Å²) in [5.74, 6) is 0.211. The summed E-state index contributed by atoms with van der Waals surface area (Å²) in [6, 6.07) is 4.41. The van der Waals surface area contributed by atoms with Crippen LogP contribution in [0, 0.1) is 13.8 Å². The van der Waals surface area contributed by atoms with Gasteiger partial charge in [0.2, 0.25) is 0 Å². The summed E-state index contributed by atoms with van der Waals surface area (Å²) in [5.41, 5.74) is 4.63. The zero-order valence-electron chi connectivity index (χ0n) is 10.8. The van der Waals surface area contributed by atoms with Gasteiger partial charge >= 0.3 is 0 Å². The van der Waals surface area contributed by atoms with E-state index in [9.17, 15) is 4.79 Å². The Hall–Kier alpha value is -1.64. The van der Waals surface area contributed by atoms with Crippen LogP contribution in [0.3, 0.4) is 0 Å². The van der Waals surface area contributed by atoms with Crippen LogP contribution in [0.5, 0.6) is 0 Å². The third kappa shape index (κ3) is 2.23. The third-order valence-corrected chi connectivity index (χ3v) is 3.25. The molecular weight excluding hydrogens is 212 g/mol. The highest BCUT2D eigenvalue weighted by atomic mass is 16.1. The van der Waals surface area contributed by atoms with E-state index in [-0.39, 0.29) is 11.8 Å². The number of Topliss-reactive ketones (excluding diaryl/α,β-unsaturated/α-hetero) is 1. The number of aryl methyl sites for hydroxylation is 2. The first-order valence-corrected chi connectivity index (χ1v) is 5.92. The van der Waals surface area contributed by atoms with Crippen molar-refractivity contribution in [2.45, 2.75) is 40.2 Å². The second-order valence-corrected chi connectivity index (χ2v) is 4.83. The molecule has 2 rings (SSSR count). The van der Waals surface area contributed by atoms with Gasteiger partial charge < -0.3 is 4.57 Å². The molecule has 17 heavy (non-hydrogen) atoms. The number of carbonyl (C=O) groups excluding carboxylic acids is 1. The Morgan fingerprint density at radius 3 is 2.65 bits per heavy atom. The van der Waals surface area contributed by atoms with Crippen LogP contribution in [0.1, 0.15) is 37.4 Å². The summed E-state index contributed by atoms with van der Waals surface area (Å²) in [7, 11) is 0. The van der Waals surface area contributed by atoms with Gasteiger partial charge in [0.15, 0.2) is 0 Å². The van der Waals surface area contributed by atoms with E-state index in [1.54, 1.807) is 6.92 Å². The predicted molar refractivity (Wildman–Crippen MR) is 69.2 cm³/mol. The minimum Gasteiger partial charge on any atom is -0.327 e. The van der Waals surface area contributed by atoms with Crippen LogP contribution in [0.2, 0.25) is 0 Å². The Balaban J connectivity index is 2.48. The smallest absolute Gasteiger partial charge is 0.131 e. The second-order valence-electron chi connectivity index (χ2n) is 4.83. The van der Waals surface area contributed by atoms with E-state index in [0.29, 0.717) is 6.42 Å². The zero-order valence-corrected chi connectivity index (χ0v) is 10.8. The van der Waals surface area contributed by atoms with Crippen molar-refractivity contribution in [3.05, 3.63) is 29.6 Å². The molecule has 0 fully saturated rings. The molecule has 0 saturated carbocycles. The molecule has 0 aliphatic heterocycles. The summed E-state index contributed by atoms with van der Waals surface area (Å²) in [6.07, 6.45) is 2.38. The molecule has 0 aliphatic rings. The molecule has 90 valence electrons. The third-order valence-electron chi connectivity index (χ3n) is 3.25. The van der Waals surface area contributed by atoms with Gasteiger partial charge in [-0.25, -0.2) is 4.98 Å². The van der Waals surface area contributed by atoms with E-state index in [1.807, 2.05) is 6.33 Å². The molecule has 1 aromatic heterocycles. The van der Waals surface area contributed by atoms with Crippen LogP contribution in [0.4, 0.5) is 0 Å². The van der Waals surface area contributed by atoms with Crippen molar-refractivity contribution in [3.8, 4) is 0 Å². The molecular formula is C14H18N2O. The molecule has 0 aliphatic carbocycles. The Morgan fingerprint density at radius 1 is 1.35 bits per heavy atom. The predicted octanol–water partition coefficient (Wildman–Crippen LogP) is 3.19.